The van der Waals surface area contributed by atoms with Gasteiger partial charge in [-0.25, -0.2) is 8.42 Å². The van der Waals surface area contributed by atoms with Gasteiger partial charge in [0.1, 0.15) is 0 Å². The lowest BCUT2D eigenvalue weighted by Gasteiger charge is -2.32. The van der Waals surface area contributed by atoms with Crippen molar-refractivity contribution in [2.24, 2.45) is 0 Å². The van der Waals surface area contributed by atoms with Crippen molar-refractivity contribution in [1.29, 1.82) is 0 Å². The van der Waals surface area contributed by atoms with E-state index in [1.165, 1.54) is 4.31 Å². The van der Waals surface area contributed by atoms with Crippen LogP contribution < -0.4 is 5.32 Å². The highest BCUT2D eigenvalue weighted by Crippen LogP contribution is 2.24. The molecule has 1 aliphatic heterocycles. The summed E-state index contributed by atoms with van der Waals surface area (Å²) in [6, 6.07) is 7.16. The van der Waals surface area contributed by atoms with Crippen LogP contribution >= 0.6 is 11.3 Å². The SMILES string of the molecule is CCN1CCN(S(=O)(=O)c2nnc(NC(=O)c3ccccc3C)s2)CC1. The van der Waals surface area contributed by atoms with E-state index in [0.717, 1.165) is 23.4 Å². The Hall–Kier alpha value is -1.88. The molecule has 2 aromatic rings. The van der Waals surface area contributed by atoms with Crippen LogP contribution in [0.15, 0.2) is 28.6 Å². The second-order valence-electron chi connectivity index (χ2n) is 5.98. The van der Waals surface area contributed by atoms with Crippen LogP contribution in [-0.2, 0) is 10.0 Å². The average molecular weight is 396 g/mol. The minimum absolute atomic E-state index is 0.0949. The van der Waals surface area contributed by atoms with Crippen molar-refractivity contribution >= 4 is 32.4 Å². The zero-order valence-corrected chi connectivity index (χ0v) is 16.3. The van der Waals surface area contributed by atoms with Gasteiger partial charge >= 0.3 is 0 Å². The van der Waals surface area contributed by atoms with E-state index < -0.39 is 10.0 Å². The number of rotatable bonds is 5. The number of sulfonamides is 1. The second-order valence-corrected chi connectivity index (χ2v) is 9.07. The number of nitrogens with one attached hydrogen (secondary N) is 1. The van der Waals surface area contributed by atoms with Gasteiger partial charge in [-0.05, 0) is 25.1 Å². The molecule has 0 bridgehead atoms. The molecule has 1 fully saturated rings. The maximum atomic E-state index is 12.7. The summed E-state index contributed by atoms with van der Waals surface area (Å²) in [6.07, 6.45) is 0. The average Bonchev–Trinajstić information content (AvgIpc) is 3.11. The third-order valence-electron chi connectivity index (χ3n) is 4.36. The third-order valence-corrected chi connectivity index (χ3v) is 7.44. The fourth-order valence-corrected chi connectivity index (χ4v) is 5.21. The number of amides is 1. The highest BCUT2D eigenvalue weighted by Gasteiger charge is 2.31. The number of aryl methyl sites for hydroxylation is 1. The zero-order chi connectivity index (χ0) is 18.7. The number of benzene rings is 1. The van der Waals surface area contributed by atoms with Gasteiger partial charge in [-0.2, -0.15) is 4.31 Å². The van der Waals surface area contributed by atoms with Crippen LogP contribution in [-0.4, -0.2) is 66.5 Å². The van der Waals surface area contributed by atoms with Crippen molar-refractivity contribution in [2.45, 2.75) is 18.2 Å². The van der Waals surface area contributed by atoms with E-state index in [-0.39, 0.29) is 15.4 Å². The van der Waals surface area contributed by atoms with Crippen LogP contribution in [0, 0.1) is 6.92 Å². The molecule has 0 spiro atoms. The Labute approximate surface area is 156 Å². The first-order valence-corrected chi connectivity index (χ1v) is 10.6. The topological polar surface area (TPSA) is 95.5 Å². The molecule has 3 rings (SSSR count). The fourth-order valence-electron chi connectivity index (χ4n) is 2.75. The number of hydrogen-bond acceptors (Lipinski definition) is 7. The first kappa shape index (κ1) is 18.9. The van der Waals surface area contributed by atoms with Crippen molar-refractivity contribution in [1.82, 2.24) is 19.4 Å². The lowest BCUT2D eigenvalue weighted by molar-refractivity contribution is 0.102. The van der Waals surface area contributed by atoms with Gasteiger partial charge in [0.15, 0.2) is 0 Å². The third kappa shape index (κ3) is 3.93. The van der Waals surface area contributed by atoms with E-state index in [1.807, 2.05) is 19.1 Å². The van der Waals surface area contributed by atoms with Gasteiger partial charge < -0.3 is 4.90 Å². The first-order valence-electron chi connectivity index (χ1n) is 8.35. The van der Waals surface area contributed by atoms with Crippen molar-refractivity contribution in [3.8, 4) is 0 Å². The molecular weight excluding hydrogens is 374 g/mol. The molecule has 1 saturated heterocycles. The number of aromatic nitrogens is 2. The number of carbonyl (C=O) groups excluding carboxylic acids is 1. The summed E-state index contributed by atoms with van der Waals surface area (Å²) in [6.45, 7) is 7.05. The van der Waals surface area contributed by atoms with E-state index in [2.05, 4.69) is 27.3 Å². The normalized spacial score (nSPS) is 16.5. The summed E-state index contributed by atoms with van der Waals surface area (Å²) in [5.41, 5.74) is 1.35. The van der Waals surface area contributed by atoms with E-state index in [1.54, 1.807) is 12.1 Å². The Morgan fingerprint density at radius 2 is 1.88 bits per heavy atom. The van der Waals surface area contributed by atoms with Gasteiger partial charge in [-0.1, -0.05) is 36.5 Å². The molecule has 0 saturated carbocycles. The van der Waals surface area contributed by atoms with Crippen LogP contribution in [0.3, 0.4) is 0 Å². The molecule has 1 amide bonds. The number of anilines is 1. The molecule has 10 heteroatoms. The van der Waals surface area contributed by atoms with Gasteiger partial charge in [-0.15, -0.1) is 10.2 Å². The van der Waals surface area contributed by atoms with Crippen LogP contribution in [0.5, 0.6) is 0 Å². The standard InChI is InChI=1S/C16H21N5O3S2/c1-3-20-8-10-21(11-9-20)26(23,24)16-19-18-15(25-16)17-14(22)13-7-5-4-6-12(13)2/h4-7H,3,8-11H2,1-2H3,(H,17,18,22). The van der Waals surface area contributed by atoms with Crippen LogP contribution in [0.25, 0.3) is 0 Å². The summed E-state index contributed by atoms with van der Waals surface area (Å²) < 4.78 is 26.7. The number of hydrogen-bond donors (Lipinski definition) is 1. The molecule has 0 unspecified atom stereocenters. The first-order chi connectivity index (χ1) is 12.4. The van der Waals surface area contributed by atoms with Crippen LogP contribution in [0.4, 0.5) is 5.13 Å². The Bertz CT molecular complexity index is 889. The summed E-state index contributed by atoms with van der Waals surface area (Å²) in [7, 11) is -3.68. The zero-order valence-electron chi connectivity index (χ0n) is 14.7. The molecule has 1 aromatic carbocycles. The van der Waals surface area contributed by atoms with Gasteiger partial charge in [0, 0.05) is 31.7 Å². The van der Waals surface area contributed by atoms with Crippen molar-refractivity contribution in [3.05, 3.63) is 35.4 Å². The largest absolute Gasteiger partial charge is 0.301 e. The Morgan fingerprint density at radius 1 is 1.19 bits per heavy atom. The van der Waals surface area contributed by atoms with Crippen molar-refractivity contribution in [3.63, 3.8) is 0 Å². The summed E-state index contributed by atoms with van der Waals surface area (Å²) in [4.78, 5) is 14.5. The molecule has 0 radical (unpaired) electrons. The highest BCUT2D eigenvalue weighted by molar-refractivity contribution is 7.91. The quantitative estimate of drug-likeness (QED) is 0.770. The Morgan fingerprint density at radius 3 is 2.54 bits per heavy atom. The molecule has 0 aliphatic carbocycles. The lowest BCUT2D eigenvalue weighted by atomic mass is 10.1. The predicted molar refractivity (Wildman–Crippen MR) is 99.9 cm³/mol. The smallest absolute Gasteiger partial charge is 0.272 e. The van der Waals surface area contributed by atoms with Gasteiger partial charge in [0.05, 0.1) is 0 Å². The van der Waals surface area contributed by atoms with E-state index in [0.29, 0.717) is 31.7 Å². The number of likely N-dealkylation sites (N-methyl/N-ethyl adjacent to an activating group) is 1. The van der Waals surface area contributed by atoms with Gasteiger partial charge in [-0.3, -0.25) is 10.1 Å². The Kier molecular flexibility index (Phi) is 5.66. The maximum Gasteiger partial charge on any atom is 0.272 e. The van der Waals surface area contributed by atoms with Gasteiger partial charge in [0.2, 0.25) is 9.47 Å². The molecule has 2 heterocycles. The van der Waals surface area contributed by atoms with Crippen molar-refractivity contribution < 1.29 is 13.2 Å². The minimum atomic E-state index is -3.68. The van der Waals surface area contributed by atoms with Crippen molar-refractivity contribution in [2.75, 3.05) is 38.0 Å². The summed E-state index contributed by atoms with van der Waals surface area (Å²) >= 11 is 0.871. The molecule has 1 aromatic heterocycles. The minimum Gasteiger partial charge on any atom is -0.301 e. The van der Waals surface area contributed by atoms with E-state index in [4.69, 9.17) is 0 Å². The van der Waals surface area contributed by atoms with Gasteiger partial charge in [0.25, 0.3) is 15.9 Å². The summed E-state index contributed by atoms with van der Waals surface area (Å²) in [5.74, 6) is -0.334. The molecule has 140 valence electrons. The monoisotopic (exact) mass is 395 g/mol. The molecule has 1 N–H and O–H groups in total. The fraction of sp³-hybridized carbons (Fsp3) is 0.438. The molecular formula is C16H21N5O3S2. The van der Waals surface area contributed by atoms with Crippen LogP contribution in [0.1, 0.15) is 22.8 Å². The van der Waals surface area contributed by atoms with Crippen LogP contribution in [0.2, 0.25) is 0 Å². The number of piperazine rings is 1. The molecule has 26 heavy (non-hydrogen) atoms. The Balaban J connectivity index is 1.71. The predicted octanol–water partition coefficient (Wildman–Crippen LogP) is 1.43. The number of carbonyl (C=O) groups is 1. The number of nitrogens with zero attached hydrogens (tertiary/aromatic N) is 4. The lowest BCUT2D eigenvalue weighted by Crippen LogP contribution is -2.48. The van der Waals surface area contributed by atoms with E-state index in [9.17, 15) is 13.2 Å². The van der Waals surface area contributed by atoms with E-state index >= 15 is 0 Å². The summed E-state index contributed by atoms with van der Waals surface area (Å²) in [5, 5.41) is 10.4. The molecule has 0 atom stereocenters. The molecule has 8 nitrogen and oxygen atoms in total. The second kappa shape index (κ2) is 7.78. The highest BCUT2D eigenvalue weighted by atomic mass is 32.2. The maximum absolute atomic E-state index is 12.7. The molecule has 1 aliphatic rings.